The lowest BCUT2D eigenvalue weighted by Gasteiger charge is -2.01. The smallest absolute Gasteiger partial charge is 0.137 e. The van der Waals surface area contributed by atoms with Gasteiger partial charge in [-0.3, -0.25) is 4.98 Å². The second-order valence-electron chi connectivity index (χ2n) is 2.45. The Bertz CT molecular complexity index is 392. The second-order valence-corrected chi connectivity index (χ2v) is 2.45. The van der Waals surface area contributed by atoms with Gasteiger partial charge in [0.2, 0.25) is 0 Å². The molecule has 0 saturated carbocycles. The van der Waals surface area contributed by atoms with Gasteiger partial charge < -0.3 is 4.74 Å². The van der Waals surface area contributed by atoms with Crippen LogP contribution in [0.15, 0.2) is 30.5 Å². The summed E-state index contributed by atoms with van der Waals surface area (Å²) in [7, 11) is 1.64. The van der Waals surface area contributed by atoms with Crippen LogP contribution in [0, 0.1) is 6.07 Å². The number of ether oxygens (including phenoxy) is 1. The molecule has 0 spiro atoms. The number of para-hydroxylation sites is 1. The Hall–Kier alpha value is -1.57. The first-order chi connectivity index (χ1) is 5.92. The van der Waals surface area contributed by atoms with Gasteiger partial charge in [-0.2, -0.15) is 0 Å². The fourth-order valence-corrected chi connectivity index (χ4v) is 1.19. The number of rotatable bonds is 1. The van der Waals surface area contributed by atoms with E-state index < -0.39 is 0 Å². The lowest BCUT2D eigenvalue weighted by atomic mass is 10.2. The Morgan fingerprint density at radius 1 is 1.33 bits per heavy atom. The van der Waals surface area contributed by atoms with Crippen molar-refractivity contribution in [3.63, 3.8) is 0 Å². The highest BCUT2D eigenvalue weighted by Crippen LogP contribution is 2.21. The summed E-state index contributed by atoms with van der Waals surface area (Å²) in [6.07, 6.45) is 1.63. The maximum Gasteiger partial charge on any atom is 0.137 e. The molecule has 2 rings (SSSR count). The fourth-order valence-electron chi connectivity index (χ4n) is 1.19. The fraction of sp³-hybridized carbons (Fsp3) is 0.100. The third kappa shape index (κ3) is 1.01. The van der Waals surface area contributed by atoms with Crippen LogP contribution in [-0.4, -0.2) is 12.1 Å². The highest BCUT2D eigenvalue weighted by Gasteiger charge is 1.98. The van der Waals surface area contributed by atoms with Gasteiger partial charge >= 0.3 is 0 Å². The Morgan fingerprint density at radius 2 is 2.17 bits per heavy atom. The topological polar surface area (TPSA) is 22.1 Å². The van der Waals surface area contributed by atoms with Crippen LogP contribution in [0.3, 0.4) is 0 Å². The predicted octanol–water partition coefficient (Wildman–Crippen LogP) is 2.04. The summed E-state index contributed by atoms with van der Waals surface area (Å²) in [6, 6.07) is 10.8. The van der Waals surface area contributed by atoms with Gasteiger partial charge in [-0.15, -0.1) is 0 Å². The molecule has 0 aliphatic carbocycles. The number of nitrogens with zero attached hydrogens (tertiary/aromatic N) is 1. The Balaban J connectivity index is 2.79. The summed E-state index contributed by atoms with van der Waals surface area (Å²) in [5.41, 5.74) is 0.938. The Kier molecular flexibility index (Phi) is 1.67. The average molecular weight is 158 g/mol. The molecule has 1 aromatic heterocycles. The normalized spacial score (nSPS) is 10.1. The van der Waals surface area contributed by atoms with E-state index >= 15 is 0 Å². The van der Waals surface area contributed by atoms with E-state index in [0.717, 1.165) is 16.7 Å². The molecule has 0 bridgehead atoms. The van der Waals surface area contributed by atoms with Crippen molar-refractivity contribution in [3.05, 3.63) is 36.5 Å². The lowest BCUT2D eigenvalue weighted by Crippen LogP contribution is -1.86. The first kappa shape index (κ1) is 7.10. The zero-order chi connectivity index (χ0) is 8.39. The molecule has 0 saturated heterocycles. The van der Waals surface area contributed by atoms with E-state index in [0.29, 0.717) is 0 Å². The molecular formula is C10H8NO. The zero-order valence-electron chi connectivity index (χ0n) is 6.74. The van der Waals surface area contributed by atoms with Crippen molar-refractivity contribution in [2.75, 3.05) is 7.11 Å². The first-order valence-corrected chi connectivity index (χ1v) is 3.71. The van der Waals surface area contributed by atoms with Crippen molar-refractivity contribution in [2.45, 2.75) is 0 Å². The summed E-state index contributed by atoms with van der Waals surface area (Å²) < 4.78 is 5.13. The molecule has 1 radical (unpaired) electrons. The number of hydrogen-bond donors (Lipinski definition) is 0. The van der Waals surface area contributed by atoms with Gasteiger partial charge in [-0.1, -0.05) is 12.1 Å². The summed E-state index contributed by atoms with van der Waals surface area (Å²) in [4.78, 5) is 4.15. The molecular weight excluding hydrogens is 150 g/mol. The van der Waals surface area contributed by atoms with Gasteiger partial charge in [0.15, 0.2) is 0 Å². The zero-order valence-corrected chi connectivity index (χ0v) is 6.74. The van der Waals surface area contributed by atoms with E-state index in [4.69, 9.17) is 4.74 Å². The van der Waals surface area contributed by atoms with Crippen LogP contribution in [-0.2, 0) is 0 Å². The summed E-state index contributed by atoms with van der Waals surface area (Å²) >= 11 is 0. The van der Waals surface area contributed by atoms with E-state index in [9.17, 15) is 0 Å². The van der Waals surface area contributed by atoms with Crippen LogP contribution in [0.5, 0.6) is 5.75 Å². The van der Waals surface area contributed by atoms with Crippen molar-refractivity contribution in [1.29, 1.82) is 0 Å². The SMILES string of the molecule is COc1[c]cnc2ccccc12. The molecule has 0 aliphatic heterocycles. The standard InChI is InChI=1S/C10H8NO/c1-12-10-6-7-11-9-5-3-2-4-8(9)10/h2-5,7H,1H3. The van der Waals surface area contributed by atoms with Crippen LogP contribution in [0.4, 0.5) is 0 Å². The number of methoxy groups -OCH3 is 1. The van der Waals surface area contributed by atoms with Gasteiger partial charge in [0.25, 0.3) is 0 Å². The van der Waals surface area contributed by atoms with Crippen LogP contribution in [0.1, 0.15) is 0 Å². The largest absolute Gasteiger partial charge is 0.495 e. The van der Waals surface area contributed by atoms with Crippen molar-refractivity contribution >= 4 is 10.9 Å². The molecule has 0 atom stereocenters. The maximum absolute atomic E-state index is 5.13. The molecule has 0 amide bonds. The first-order valence-electron chi connectivity index (χ1n) is 3.71. The molecule has 1 aromatic carbocycles. The molecule has 1 heterocycles. The highest BCUT2D eigenvalue weighted by atomic mass is 16.5. The molecule has 0 fully saturated rings. The third-order valence-corrected chi connectivity index (χ3v) is 1.75. The van der Waals surface area contributed by atoms with Gasteiger partial charge in [-0.05, 0) is 12.1 Å². The van der Waals surface area contributed by atoms with Crippen molar-refractivity contribution in [1.82, 2.24) is 4.98 Å². The molecule has 0 N–H and O–H groups in total. The van der Waals surface area contributed by atoms with Crippen LogP contribution < -0.4 is 4.74 Å². The Morgan fingerprint density at radius 3 is 3.00 bits per heavy atom. The van der Waals surface area contributed by atoms with E-state index in [-0.39, 0.29) is 0 Å². The predicted molar refractivity (Wildman–Crippen MR) is 47.1 cm³/mol. The van der Waals surface area contributed by atoms with E-state index in [1.54, 1.807) is 13.3 Å². The molecule has 0 unspecified atom stereocenters. The van der Waals surface area contributed by atoms with Crippen LogP contribution >= 0.6 is 0 Å². The van der Waals surface area contributed by atoms with Gasteiger partial charge in [0.05, 0.1) is 12.6 Å². The van der Waals surface area contributed by atoms with Crippen molar-refractivity contribution < 1.29 is 4.74 Å². The summed E-state index contributed by atoms with van der Waals surface area (Å²) in [6.45, 7) is 0. The summed E-state index contributed by atoms with van der Waals surface area (Å²) in [5.74, 6) is 0.751. The summed E-state index contributed by atoms with van der Waals surface area (Å²) in [5, 5.41) is 1.00. The minimum absolute atomic E-state index is 0.751. The number of hydrogen-bond acceptors (Lipinski definition) is 2. The van der Waals surface area contributed by atoms with E-state index in [2.05, 4.69) is 11.1 Å². The van der Waals surface area contributed by atoms with Gasteiger partial charge in [0, 0.05) is 17.6 Å². The monoisotopic (exact) mass is 158 g/mol. The van der Waals surface area contributed by atoms with Crippen LogP contribution in [0.2, 0.25) is 0 Å². The lowest BCUT2D eigenvalue weighted by molar-refractivity contribution is 0.418. The van der Waals surface area contributed by atoms with Gasteiger partial charge in [0.1, 0.15) is 5.75 Å². The average Bonchev–Trinajstić information content (AvgIpc) is 2.17. The third-order valence-electron chi connectivity index (χ3n) is 1.75. The van der Waals surface area contributed by atoms with Gasteiger partial charge in [-0.25, -0.2) is 0 Å². The van der Waals surface area contributed by atoms with Crippen molar-refractivity contribution in [3.8, 4) is 5.75 Å². The minimum Gasteiger partial charge on any atom is -0.495 e. The number of pyridine rings is 1. The number of aromatic nitrogens is 1. The highest BCUT2D eigenvalue weighted by molar-refractivity contribution is 5.84. The Labute approximate surface area is 70.8 Å². The minimum atomic E-state index is 0.751. The molecule has 2 nitrogen and oxygen atoms in total. The quantitative estimate of drug-likeness (QED) is 0.633. The number of fused-ring (bicyclic) bond motifs is 1. The molecule has 2 heteroatoms. The maximum atomic E-state index is 5.13. The van der Waals surface area contributed by atoms with E-state index in [1.807, 2.05) is 24.3 Å². The molecule has 2 aromatic rings. The van der Waals surface area contributed by atoms with Crippen LogP contribution in [0.25, 0.3) is 10.9 Å². The molecule has 59 valence electrons. The van der Waals surface area contributed by atoms with E-state index in [1.165, 1.54) is 0 Å². The second kappa shape index (κ2) is 2.81. The van der Waals surface area contributed by atoms with Crippen molar-refractivity contribution in [2.24, 2.45) is 0 Å². The number of benzene rings is 1. The molecule has 0 aliphatic rings. The molecule has 12 heavy (non-hydrogen) atoms.